The van der Waals surface area contributed by atoms with Crippen molar-refractivity contribution in [3.63, 3.8) is 0 Å². The fourth-order valence-electron chi connectivity index (χ4n) is 1.02. The summed E-state index contributed by atoms with van der Waals surface area (Å²) in [5.41, 5.74) is 0. The molecule has 0 aliphatic heterocycles. The highest BCUT2D eigenvalue weighted by molar-refractivity contribution is 5.78. The average Bonchev–Trinajstić information content (AvgIpc) is 2.14. The monoisotopic (exact) mass is 222 g/mol. The topological polar surface area (TPSA) is 52.6 Å². The standard InChI is InChI=1S/C9H16F2N2O2/c1-2-3-12-9(15)7-13(4-5-14)6-8(10)11/h2,8,14H,1,3-7H2,(H,12,15). The van der Waals surface area contributed by atoms with Crippen molar-refractivity contribution in [1.82, 2.24) is 10.2 Å². The van der Waals surface area contributed by atoms with E-state index in [1.165, 1.54) is 11.0 Å². The van der Waals surface area contributed by atoms with E-state index in [1.807, 2.05) is 0 Å². The van der Waals surface area contributed by atoms with Crippen molar-refractivity contribution in [3.8, 4) is 0 Å². The molecule has 0 aromatic heterocycles. The van der Waals surface area contributed by atoms with Gasteiger partial charge in [0.2, 0.25) is 5.91 Å². The third-order valence-electron chi connectivity index (χ3n) is 1.62. The maximum Gasteiger partial charge on any atom is 0.251 e. The van der Waals surface area contributed by atoms with E-state index in [0.29, 0.717) is 6.54 Å². The molecular formula is C9H16F2N2O2. The van der Waals surface area contributed by atoms with Gasteiger partial charge in [-0.1, -0.05) is 6.08 Å². The minimum atomic E-state index is -2.51. The number of alkyl halides is 2. The summed E-state index contributed by atoms with van der Waals surface area (Å²) in [4.78, 5) is 12.3. The van der Waals surface area contributed by atoms with Gasteiger partial charge in [-0.05, 0) is 0 Å². The Morgan fingerprint density at radius 2 is 2.27 bits per heavy atom. The first-order chi connectivity index (χ1) is 7.10. The number of aliphatic hydroxyl groups is 1. The quantitative estimate of drug-likeness (QED) is 0.561. The zero-order chi connectivity index (χ0) is 11.7. The number of carbonyl (C=O) groups is 1. The molecule has 0 radical (unpaired) electrons. The predicted octanol–water partition coefficient (Wildman–Crippen LogP) is -0.152. The molecule has 0 aliphatic carbocycles. The zero-order valence-electron chi connectivity index (χ0n) is 8.46. The molecule has 0 heterocycles. The lowest BCUT2D eigenvalue weighted by atomic mass is 10.4. The largest absolute Gasteiger partial charge is 0.395 e. The van der Waals surface area contributed by atoms with Gasteiger partial charge in [0.15, 0.2) is 0 Å². The summed E-state index contributed by atoms with van der Waals surface area (Å²) in [5.74, 6) is -0.357. The van der Waals surface area contributed by atoms with Gasteiger partial charge in [0.25, 0.3) is 6.43 Å². The molecule has 0 rings (SSSR count). The lowest BCUT2D eigenvalue weighted by Gasteiger charge is -2.19. The van der Waals surface area contributed by atoms with Crippen LogP contribution in [0.1, 0.15) is 0 Å². The molecule has 1 amide bonds. The van der Waals surface area contributed by atoms with Gasteiger partial charge in [-0.2, -0.15) is 0 Å². The molecule has 0 bridgehead atoms. The number of halogens is 2. The van der Waals surface area contributed by atoms with Crippen LogP contribution in [0.3, 0.4) is 0 Å². The Kier molecular flexibility index (Phi) is 7.75. The summed E-state index contributed by atoms with van der Waals surface area (Å²) in [6.45, 7) is 2.88. The minimum absolute atomic E-state index is 0.0614. The van der Waals surface area contributed by atoms with Crippen LogP contribution in [-0.4, -0.2) is 55.1 Å². The van der Waals surface area contributed by atoms with Crippen LogP contribution in [0.25, 0.3) is 0 Å². The van der Waals surface area contributed by atoms with E-state index in [0.717, 1.165) is 0 Å². The second kappa shape index (κ2) is 8.31. The Balaban J connectivity index is 3.91. The van der Waals surface area contributed by atoms with Crippen molar-refractivity contribution < 1.29 is 18.7 Å². The third kappa shape index (κ3) is 8.02. The Labute approximate surface area is 87.6 Å². The number of carbonyl (C=O) groups excluding carboxylic acids is 1. The van der Waals surface area contributed by atoms with Gasteiger partial charge in [0, 0.05) is 13.1 Å². The molecule has 0 saturated carbocycles. The summed E-state index contributed by atoms with van der Waals surface area (Å²) < 4.78 is 24.1. The van der Waals surface area contributed by atoms with Gasteiger partial charge in [-0.15, -0.1) is 6.58 Å². The van der Waals surface area contributed by atoms with Crippen LogP contribution in [0.2, 0.25) is 0 Å². The Hall–Kier alpha value is -1.01. The minimum Gasteiger partial charge on any atom is -0.395 e. The smallest absolute Gasteiger partial charge is 0.251 e. The lowest BCUT2D eigenvalue weighted by molar-refractivity contribution is -0.122. The number of hydrogen-bond donors (Lipinski definition) is 2. The van der Waals surface area contributed by atoms with Gasteiger partial charge in [-0.3, -0.25) is 9.69 Å². The van der Waals surface area contributed by atoms with Gasteiger partial charge in [0.1, 0.15) is 0 Å². The Bertz CT molecular complexity index is 201. The number of nitrogens with one attached hydrogen (secondary N) is 1. The molecular weight excluding hydrogens is 206 g/mol. The first-order valence-corrected chi connectivity index (χ1v) is 4.59. The van der Waals surface area contributed by atoms with Crippen LogP contribution < -0.4 is 5.32 Å². The van der Waals surface area contributed by atoms with Gasteiger partial charge in [-0.25, -0.2) is 8.78 Å². The summed E-state index contributed by atoms with van der Waals surface area (Å²) in [6.07, 6.45) is -1.01. The van der Waals surface area contributed by atoms with Crippen LogP contribution in [0.15, 0.2) is 12.7 Å². The summed E-state index contributed by atoms with van der Waals surface area (Å²) in [7, 11) is 0. The van der Waals surface area contributed by atoms with Crippen LogP contribution in [0.5, 0.6) is 0 Å². The number of amides is 1. The van der Waals surface area contributed by atoms with Gasteiger partial charge in [0.05, 0.1) is 19.7 Å². The molecule has 0 spiro atoms. The highest BCUT2D eigenvalue weighted by atomic mass is 19.3. The fourth-order valence-corrected chi connectivity index (χ4v) is 1.02. The molecule has 0 aliphatic rings. The second-order valence-corrected chi connectivity index (χ2v) is 2.94. The molecule has 0 atom stereocenters. The van der Waals surface area contributed by atoms with Crippen molar-refractivity contribution in [2.24, 2.45) is 0 Å². The van der Waals surface area contributed by atoms with E-state index in [4.69, 9.17) is 5.11 Å². The first kappa shape index (κ1) is 14.0. The number of aliphatic hydroxyl groups excluding tert-OH is 1. The number of rotatable bonds is 8. The highest BCUT2D eigenvalue weighted by Gasteiger charge is 2.14. The Morgan fingerprint density at radius 3 is 2.73 bits per heavy atom. The van der Waals surface area contributed by atoms with Crippen molar-refractivity contribution in [3.05, 3.63) is 12.7 Å². The maximum absolute atomic E-state index is 12.0. The SMILES string of the molecule is C=CCNC(=O)CN(CCO)CC(F)F. The van der Waals surface area contributed by atoms with Crippen molar-refractivity contribution in [2.75, 3.05) is 32.8 Å². The van der Waals surface area contributed by atoms with Crippen LogP contribution >= 0.6 is 0 Å². The molecule has 0 saturated heterocycles. The summed E-state index contributed by atoms with van der Waals surface area (Å²) in [6, 6.07) is 0. The van der Waals surface area contributed by atoms with Gasteiger partial charge >= 0.3 is 0 Å². The molecule has 0 aromatic rings. The second-order valence-electron chi connectivity index (χ2n) is 2.94. The lowest BCUT2D eigenvalue weighted by Crippen LogP contribution is -2.40. The molecule has 88 valence electrons. The molecule has 2 N–H and O–H groups in total. The van der Waals surface area contributed by atoms with E-state index in [9.17, 15) is 13.6 Å². The maximum atomic E-state index is 12.0. The van der Waals surface area contributed by atoms with Gasteiger partial charge < -0.3 is 10.4 Å². The molecule has 4 nitrogen and oxygen atoms in total. The van der Waals surface area contributed by atoms with Crippen LogP contribution in [-0.2, 0) is 4.79 Å². The van der Waals surface area contributed by atoms with Crippen LogP contribution in [0, 0.1) is 0 Å². The first-order valence-electron chi connectivity index (χ1n) is 4.59. The normalized spacial score (nSPS) is 10.7. The highest BCUT2D eigenvalue weighted by Crippen LogP contribution is 1.97. The molecule has 0 unspecified atom stereocenters. The van der Waals surface area contributed by atoms with Crippen LogP contribution in [0.4, 0.5) is 8.78 Å². The molecule has 15 heavy (non-hydrogen) atoms. The predicted molar refractivity (Wildman–Crippen MR) is 52.7 cm³/mol. The van der Waals surface area contributed by atoms with E-state index in [1.54, 1.807) is 0 Å². The van der Waals surface area contributed by atoms with E-state index in [2.05, 4.69) is 11.9 Å². The van der Waals surface area contributed by atoms with Crippen molar-refractivity contribution in [1.29, 1.82) is 0 Å². The summed E-state index contributed by atoms with van der Waals surface area (Å²) in [5, 5.41) is 11.1. The van der Waals surface area contributed by atoms with Crippen molar-refractivity contribution in [2.45, 2.75) is 6.43 Å². The zero-order valence-corrected chi connectivity index (χ0v) is 8.46. The fraction of sp³-hybridized carbons (Fsp3) is 0.667. The number of hydrogen-bond acceptors (Lipinski definition) is 3. The van der Waals surface area contributed by atoms with E-state index >= 15 is 0 Å². The number of nitrogens with zero attached hydrogens (tertiary/aromatic N) is 1. The molecule has 0 aromatic carbocycles. The molecule has 6 heteroatoms. The Morgan fingerprint density at radius 1 is 1.60 bits per heavy atom. The van der Waals surface area contributed by atoms with E-state index < -0.39 is 13.0 Å². The third-order valence-corrected chi connectivity index (χ3v) is 1.62. The van der Waals surface area contributed by atoms with E-state index in [-0.39, 0.29) is 25.6 Å². The molecule has 0 fully saturated rings. The average molecular weight is 222 g/mol. The van der Waals surface area contributed by atoms with Crippen molar-refractivity contribution >= 4 is 5.91 Å². The summed E-state index contributed by atoms with van der Waals surface area (Å²) >= 11 is 0.